The average molecular weight is 458 g/mol. The molecule has 0 aliphatic heterocycles. The zero-order valence-corrected chi connectivity index (χ0v) is 17.6. The molecule has 0 radical (unpaired) electrons. The van der Waals surface area contributed by atoms with Gasteiger partial charge in [0, 0.05) is 25.7 Å². The Kier molecular flexibility index (Phi) is 7.91. The molecule has 1 atom stereocenters. The van der Waals surface area contributed by atoms with Gasteiger partial charge in [0.25, 0.3) is 0 Å². The zero-order chi connectivity index (χ0) is 22.3. The van der Waals surface area contributed by atoms with Crippen LogP contribution in [-0.4, -0.2) is 43.5 Å². The third-order valence-electron chi connectivity index (χ3n) is 3.65. The molecule has 11 nitrogen and oxygen atoms in total. The summed E-state index contributed by atoms with van der Waals surface area (Å²) in [5.74, 6) is -0.210. The van der Waals surface area contributed by atoms with Crippen molar-refractivity contribution in [2.45, 2.75) is 24.2 Å². The lowest BCUT2D eigenvalue weighted by molar-refractivity contribution is -0.383. The molecule has 162 valence electrons. The molecule has 14 heteroatoms. The Morgan fingerprint density at radius 2 is 2.03 bits per heavy atom. The topological polar surface area (TPSA) is 146 Å². The number of carbonyl (C=O) groups excluding carboxylic acids is 1. The van der Waals surface area contributed by atoms with Gasteiger partial charge in [0.05, 0.1) is 11.0 Å². The molecule has 2 aromatic rings. The Morgan fingerprint density at radius 1 is 1.37 bits per heavy atom. The number of nitro groups is 1. The van der Waals surface area contributed by atoms with Crippen molar-refractivity contribution in [2.75, 3.05) is 18.5 Å². The lowest BCUT2D eigenvalue weighted by Gasteiger charge is -2.27. The maximum absolute atomic E-state index is 13.2. The van der Waals surface area contributed by atoms with Crippen LogP contribution in [0.2, 0.25) is 0 Å². The van der Waals surface area contributed by atoms with Crippen LogP contribution in [0.5, 0.6) is 0 Å². The highest BCUT2D eigenvalue weighted by Gasteiger charge is 2.26. The van der Waals surface area contributed by atoms with Crippen LogP contribution in [-0.2, 0) is 15.0 Å². The maximum atomic E-state index is 13.2. The number of hydrazine groups is 1. The van der Waals surface area contributed by atoms with E-state index >= 15 is 0 Å². The molecular weight excluding hydrogens is 439 g/mol. The predicted molar refractivity (Wildman–Crippen MR) is 109 cm³/mol. The number of hydrogen-bond acceptors (Lipinski definition) is 10. The second-order valence-electron chi connectivity index (χ2n) is 5.95. The quantitative estimate of drug-likeness (QED) is 0.240. The fourth-order valence-electron chi connectivity index (χ4n) is 2.24. The molecule has 2 N–H and O–H groups in total. The van der Waals surface area contributed by atoms with Gasteiger partial charge in [-0.15, -0.1) is 5.11 Å². The van der Waals surface area contributed by atoms with Gasteiger partial charge < -0.3 is 10.7 Å². The minimum Gasteiger partial charge on any atom is -0.355 e. The van der Waals surface area contributed by atoms with E-state index < -0.39 is 31.2 Å². The minimum absolute atomic E-state index is 0.210. The molecule has 0 fully saturated rings. The molecule has 0 spiro atoms. The van der Waals surface area contributed by atoms with Gasteiger partial charge in [-0.3, -0.25) is 14.9 Å². The number of thiophene rings is 1. The standard InChI is InChI=1S/C16H19FN6O5S2/c1-11(19-20-16-14(23(25)26)10-15(29-16)30(17,27)28)22(9-8-18-12(2)24)21-13-6-4-3-5-7-13/h3-7,10-11,21H,8-9H2,1-2H3,(H,18,24)/b20-19+. The van der Waals surface area contributed by atoms with Crippen molar-refractivity contribution in [1.29, 1.82) is 0 Å². The second-order valence-corrected chi connectivity index (χ2v) is 8.56. The van der Waals surface area contributed by atoms with Crippen LogP contribution in [0.3, 0.4) is 0 Å². The lowest BCUT2D eigenvalue weighted by Crippen LogP contribution is -2.42. The van der Waals surface area contributed by atoms with E-state index in [1.807, 2.05) is 18.2 Å². The SMILES string of the molecule is CC(=O)NCCN(Nc1ccccc1)C(C)/N=N/c1sc(S(=O)(=O)F)cc1[N+](=O)[O-]. The molecule has 1 unspecified atom stereocenters. The lowest BCUT2D eigenvalue weighted by atomic mass is 10.3. The van der Waals surface area contributed by atoms with Crippen molar-refractivity contribution < 1.29 is 22.0 Å². The summed E-state index contributed by atoms with van der Waals surface area (Å²) in [7, 11) is -5.10. The summed E-state index contributed by atoms with van der Waals surface area (Å²) < 4.78 is 34.4. The number of hydrogen-bond donors (Lipinski definition) is 2. The van der Waals surface area contributed by atoms with Gasteiger partial charge >= 0.3 is 15.9 Å². The van der Waals surface area contributed by atoms with Gasteiger partial charge in [-0.2, -0.15) is 18.5 Å². The molecule has 0 saturated carbocycles. The van der Waals surface area contributed by atoms with E-state index in [0.717, 1.165) is 5.69 Å². The number of para-hydroxylation sites is 1. The summed E-state index contributed by atoms with van der Waals surface area (Å²) >= 11 is 0.313. The molecule has 0 aliphatic rings. The Labute approximate surface area is 175 Å². The number of halogens is 1. The summed E-state index contributed by atoms with van der Waals surface area (Å²) in [4.78, 5) is 21.4. The molecule has 30 heavy (non-hydrogen) atoms. The molecule has 1 heterocycles. The third kappa shape index (κ3) is 6.82. The molecule has 1 amide bonds. The van der Waals surface area contributed by atoms with Crippen molar-refractivity contribution in [3.05, 3.63) is 46.5 Å². The minimum atomic E-state index is -5.10. The van der Waals surface area contributed by atoms with Gasteiger partial charge in [-0.1, -0.05) is 33.4 Å². The van der Waals surface area contributed by atoms with Crippen LogP contribution in [0.25, 0.3) is 0 Å². The van der Waals surface area contributed by atoms with Crippen LogP contribution >= 0.6 is 11.3 Å². The second kappa shape index (κ2) is 10.2. The molecule has 0 aliphatic carbocycles. The van der Waals surface area contributed by atoms with Gasteiger partial charge in [-0.05, 0) is 19.1 Å². The summed E-state index contributed by atoms with van der Waals surface area (Å²) in [5, 5.41) is 22.8. The zero-order valence-electron chi connectivity index (χ0n) is 16.0. The van der Waals surface area contributed by atoms with E-state index in [1.165, 1.54) is 6.92 Å². The smallest absolute Gasteiger partial charge is 0.342 e. The molecular formula is C16H19FN6O5S2. The first kappa shape index (κ1) is 23.3. The normalized spacial score (nSPS) is 12.8. The monoisotopic (exact) mass is 458 g/mol. The Bertz CT molecular complexity index is 1030. The third-order valence-corrected chi connectivity index (χ3v) is 5.90. The summed E-state index contributed by atoms with van der Waals surface area (Å²) in [6.45, 7) is 3.62. The van der Waals surface area contributed by atoms with E-state index in [2.05, 4.69) is 21.0 Å². The number of amides is 1. The first-order valence-corrected chi connectivity index (χ1v) is 10.7. The number of carbonyl (C=O) groups is 1. The molecule has 0 bridgehead atoms. The number of nitrogens with zero attached hydrogens (tertiary/aromatic N) is 4. The van der Waals surface area contributed by atoms with E-state index in [1.54, 1.807) is 24.1 Å². The fourth-order valence-corrected chi connectivity index (χ4v) is 3.81. The van der Waals surface area contributed by atoms with E-state index in [-0.39, 0.29) is 10.9 Å². The van der Waals surface area contributed by atoms with E-state index in [4.69, 9.17) is 0 Å². The van der Waals surface area contributed by atoms with Gasteiger partial charge in [-0.25, -0.2) is 0 Å². The Balaban J connectivity index is 2.23. The van der Waals surface area contributed by atoms with Crippen molar-refractivity contribution >= 4 is 43.8 Å². The Hall–Kier alpha value is -2.97. The van der Waals surface area contributed by atoms with Crippen LogP contribution in [0.4, 0.5) is 20.3 Å². The Morgan fingerprint density at radius 3 is 2.60 bits per heavy atom. The molecule has 2 rings (SSSR count). The number of nitrogens with one attached hydrogen (secondary N) is 2. The van der Waals surface area contributed by atoms with E-state index in [9.17, 15) is 27.2 Å². The predicted octanol–water partition coefficient (Wildman–Crippen LogP) is 3.21. The van der Waals surface area contributed by atoms with Gasteiger partial charge in [0.2, 0.25) is 10.9 Å². The highest BCUT2D eigenvalue weighted by atomic mass is 32.3. The number of azo groups is 1. The van der Waals surface area contributed by atoms with Crippen molar-refractivity contribution in [2.24, 2.45) is 10.2 Å². The van der Waals surface area contributed by atoms with Crippen molar-refractivity contribution in [3.63, 3.8) is 0 Å². The molecule has 1 aromatic heterocycles. The largest absolute Gasteiger partial charge is 0.355 e. The number of rotatable bonds is 10. The number of benzene rings is 1. The summed E-state index contributed by atoms with van der Waals surface area (Å²) in [5.41, 5.74) is 3.17. The summed E-state index contributed by atoms with van der Waals surface area (Å²) in [6.07, 6.45) is -0.675. The first-order chi connectivity index (χ1) is 14.1. The van der Waals surface area contributed by atoms with Crippen LogP contribution in [0.15, 0.2) is 50.8 Å². The van der Waals surface area contributed by atoms with Crippen LogP contribution in [0.1, 0.15) is 13.8 Å². The fraction of sp³-hybridized carbons (Fsp3) is 0.312. The average Bonchev–Trinajstić information content (AvgIpc) is 3.11. The first-order valence-electron chi connectivity index (χ1n) is 8.54. The highest BCUT2D eigenvalue weighted by molar-refractivity contribution is 7.88. The molecule has 0 saturated heterocycles. The highest BCUT2D eigenvalue weighted by Crippen LogP contribution is 2.40. The van der Waals surface area contributed by atoms with E-state index in [0.29, 0.717) is 30.5 Å². The van der Waals surface area contributed by atoms with Gasteiger partial charge in [0.15, 0.2) is 4.21 Å². The van der Waals surface area contributed by atoms with Crippen molar-refractivity contribution in [3.8, 4) is 0 Å². The van der Waals surface area contributed by atoms with Crippen LogP contribution in [0, 0.1) is 10.1 Å². The maximum Gasteiger partial charge on any atom is 0.342 e. The van der Waals surface area contributed by atoms with Crippen LogP contribution < -0.4 is 10.7 Å². The van der Waals surface area contributed by atoms with Crippen molar-refractivity contribution in [1.82, 2.24) is 10.3 Å². The van der Waals surface area contributed by atoms with Gasteiger partial charge in [0.1, 0.15) is 6.17 Å². The number of anilines is 1. The summed E-state index contributed by atoms with van der Waals surface area (Å²) in [6, 6.07) is 9.68. The molecule has 1 aromatic carbocycles.